The van der Waals surface area contributed by atoms with E-state index in [1.807, 2.05) is 6.07 Å². The number of hydrogen-bond acceptors (Lipinski definition) is 34. The van der Waals surface area contributed by atoms with Gasteiger partial charge in [-0.1, -0.05) is 72.8 Å². The molecule has 0 aliphatic rings. The van der Waals surface area contributed by atoms with Crippen LogP contribution in [-0.2, 0) is 115 Å². The summed E-state index contributed by atoms with van der Waals surface area (Å²) in [6.07, 6.45) is -0.492. The van der Waals surface area contributed by atoms with Crippen molar-refractivity contribution in [3.05, 3.63) is 156 Å². The van der Waals surface area contributed by atoms with Crippen molar-refractivity contribution in [3.8, 4) is 17.2 Å². The van der Waals surface area contributed by atoms with Crippen molar-refractivity contribution in [1.82, 2.24) is 0 Å². The summed E-state index contributed by atoms with van der Waals surface area (Å²) < 4.78 is 60.3. The molecule has 1 N–H and O–H groups in total. The molecule has 0 saturated heterocycles. The number of benzene rings is 6. The third-order valence-electron chi connectivity index (χ3n) is 15.0. The SMILES string of the molecule is CC(=O)Oc1ccc2cc(C(C)C(=O)OCC(=O)OCCCCO[N+](=O)[O-])ccc2c1.CCOC(=O)CC(O)(CC(=O)OCC(=O)Oc1ccc2ccc(C(C)C(=O)OCC(=O)OCCCCO[N+](=O)[O-])cc2c1)C(=O)OCC(=O)Oc1ccc2cc(C(C)C(=O)OCC(=O)OCCCCO[N+](=O)[O-])ccc2c1. The molecule has 4 atom stereocenters. The molecule has 0 amide bonds. The topological polar surface area (TPSA) is 493 Å². The number of hydrogen-bond donors (Lipinski definition) is 1. The van der Waals surface area contributed by atoms with Crippen LogP contribution in [0.2, 0.25) is 0 Å². The Labute approximate surface area is 613 Å². The maximum absolute atomic E-state index is 13.2. The molecule has 108 heavy (non-hydrogen) atoms. The fraction of sp³-hybridized carbons (Fsp3) is 0.408. The summed E-state index contributed by atoms with van der Waals surface area (Å²) in [6.45, 7) is 2.92. The quantitative estimate of drug-likeness (QED) is 0.0101. The van der Waals surface area contributed by atoms with Gasteiger partial charge in [0.1, 0.15) is 17.2 Å². The molecular formula is C71H77N3O34. The Balaban J connectivity index is 0.000000559. The minimum absolute atomic E-state index is 0.00426. The summed E-state index contributed by atoms with van der Waals surface area (Å²) in [7, 11) is 0. The standard InChI is InChI=1S/C50H54N2O25.C21H23NO9/c1-4-67-41(53)25-50(62,49(61)73-30-46(58)76-39-16-14-36-21-34(11-12-37(36)23-39)31(2)47(59)71-27-43(55)68-17-5-7-19-74-51(63)64)26-42(54)70-29-45(57)77-40-15-13-33-9-10-35(22-38(33)24-40)32(3)48(60)72-28-44(56)69-18-6-8-20-75-52(65)66;1-14(21(25)29-13-20(24)28-9-3-4-10-30-22(26)27)16-5-6-18-12-19(31-15(2)23)8-7-17(18)11-16/h9-16,21-24,31-32,62H,4-8,17-20,25-30H2,1-3H3;5-8,11-12,14H,3-4,9-10,13H2,1-2H3. The normalized spacial score (nSPS) is 12.1. The Morgan fingerprint density at radius 1 is 0.361 bits per heavy atom. The van der Waals surface area contributed by atoms with Crippen molar-refractivity contribution in [2.75, 3.05) is 79.3 Å². The van der Waals surface area contributed by atoms with Crippen LogP contribution in [0.4, 0.5) is 0 Å². The summed E-state index contributed by atoms with van der Waals surface area (Å²) >= 11 is 0. The largest absolute Gasteiger partial charge is 0.466 e. The summed E-state index contributed by atoms with van der Waals surface area (Å²) in [6, 6.07) is 29.3. The number of aliphatic hydroxyl groups is 1. The maximum Gasteiger partial charge on any atom is 0.349 e. The second-order valence-corrected chi connectivity index (χ2v) is 23.2. The lowest BCUT2D eigenvalue weighted by atomic mass is 9.95. The lowest BCUT2D eigenvalue weighted by molar-refractivity contribution is -0.757. The predicted molar refractivity (Wildman–Crippen MR) is 365 cm³/mol. The summed E-state index contributed by atoms with van der Waals surface area (Å²) in [4.78, 5) is 191. The van der Waals surface area contributed by atoms with Crippen molar-refractivity contribution in [2.24, 2.45) is 0 Å². The van der Waals surface area contributed by atoms with Gasteiger partial charge in [0.05, 0.1) is 76.8 Å². The number of carbonyl (C=O) groups is 12. The summed E-state index contributed by atoms with van der Waals surface area (Å²) in [5.41, 5.74) is -1.25. The van der Waals surface area contributed by atoms with E-state index in [-0.39, 0.29) is 77.0 Å². The molecule has 4 unspecified atom stereocenters. The van der Waals surface area contributed by atoms with Crippen molar-refractivity contribution >= 4 is 104 Å². The smallest absolute Gasteiger partial charge is 0.349 e. The molecule has 37 heteroatoms. The van der Waals surface area contributed by atoms with Gasteiger partial charge >= 0.3 is 71.6 Å². The van der Waals surface area contributed by atoms with E-state index in [2.05, 4.69) is 14.5 Å². The molecule has 580 valence electrons. The zero-order chi connectivity index (χ0) is 79.3. The number of nitrogens with zero attached hydrogens (tertiary/aromatic N) is 3. The van der Waals surface area contributed by atoms with Gasteiger partial charge in [-0.3, -0.25) is 28.8 Å². The monoisotopic (exact) mass is 1520 g/mol. The molecule has 0 heterocycles. The molecule has 6 rings (SSSR count). The van der Waals surface area contributed by atoms with Gasteiger partial charge in [-0.15, -0.1) is 30.3 Å². The number of unbranched alkanes of at least 4 members (excludes halogenated alkanes) is 3. The lowest BCUT2D eigenvalue weighted by Crippen LogP contribution is -2.45. The van der Waals surface area contributed by atoms with Crippen LogP contribution in [0.25, 0.3) is 32.3 Å². The Hall–Kier alpha value is -12.7. The van der Waals surface area contributed by atoms with E-state index < -0.39 is 156 Å². The van der Waals surface area contributed by atoms with Crippen LogP contribution in [-0.4, -0.2) is 177 Å². The Bertz CT molecular complexity index is 4220. The van der Waals surface area contributed by atoms with E-state index in [0.717, 1.165) is 10.8 Å². The van der Waals surface area contributed by atoms with E-state index in [9.17, 15) is 93.0 Å². The minimum Gasteiger partial charge on any atom is -0.466 e. The van der Waals surface area contributed by atoms with Crippen molar-refractivity contribution < 1.29 is 149 Å². The van der Waals surface area contributed by atoms with Crippen molar-refractivity contribution in [1.29, 1.82) is 0 Å². The first-order valence-corrected chi connectivity index (χ1v) is 33.1. The van der Waals surface area contributed by atoms with E-state index >= 15 is 0 Å². The van der Waals surface area contributed by atoms with Gasteiger partial charge in [0, 0.05) is 6.92 Å². The van der Waals surface area contributed by atoms with Gasteiger partial charge in [-0.25, -0.2) is 28.8 Å². The van der Waals surface area contributed by atoms with Crippen LogP contribution in [0.3, 0.4) is 0 Å². The van der Waals surface area contributed by atoms with Crippen molar-refractivity contribution in [3.63, 3.8) is 0 Å². The van der Waals surface area contributed by atoms with Crippen LogP contribution in [0.15, 0.2) is 109 Å². The first kappa shape index (κ1) is 85.9. The molecule has 37 nitrogen and oxygen atoms in total. The molecule has 0 aliphatic carbocycles. The number of fused-ring (bicyclic) bond motifs is 3. The van der Waals surface area contributed by atoms with Gasteiger partial charge in [0.15, 0.2) is 38.6 Å². The van der Waals surface area contributed by atoms with E-state index in [1.54, 1.807) is 92.7 Å². The summed E-state index contributed by atoms with van der Waals surface area (Å²) in [5.74, 6) is -13.0. The highest BCUT2D eigenvalue weighted by molar-refractivity contribution is 5.94. The minimum atomic E-state index is -2.94. The van der Waals surface area contributed by atoms with Gasteiger partial charge in [-0.2, -0.15) is 0 Å². The Kier molecular flexibility index (Phi) is 35.2. The average Bonchev–Trinajstić information content (AvgIpc) is 0.828. The molecule has 6 aromatic rings. The highest BCUT2D eigenvalue weighted by atomic mass is 17.0. The maximum atomic E-state index is 13.2. The van der Waals surface area contributed by atoms with Crippen molar-refractivity contribution in [2.45, 2.75) is 109 Å². The van der Waals surface area contributed by atoms with Crippen LogP contribution in [0.1, 0.15) is 120 Å². The lowest BCUT2D eigenvalue weighted by Gasteiger charge is -2.24. The molecule has 0 radical (unpaired) electrons. The van der Waals surface area contributed by atoms with Crippen LogP contribution in [0, 0.1) is 30.3 Å². The number of carbonyl (C=O) groups excluding carboxylic acids is 12. The second-order valence-electron chi connectivity index (χ2n) is 23.2. The Morgan fingerprint density at radius 3 is 1.05 bits per heavy atom. The van der Waals surface area contributed by atoms with Crippen LogP contribution in [0.5, 0.6) is 17.2 Å². The number of rotatable bonds is 43. The van der Waals surface area contributed by atoms with E-state index in [1.165, 1.54) is 45.0 Å². The highest BCUT2D eigenvalue weighted by Crippen LogP contribution is 2.30. The van der Waals surface area contributed by atoms with Crippen LogP contribution >= 0.6 is 0 Å². The molecular weight excluding hydrogens is 1440 g/mol. The second kappa shape index (κ2) is 44.2. The first-order chi connectivity index (χ1) is 51.4. The fourth-order valence-electron chi connectivity index (χ4n) is 9.45. The molecule has 0 saturated carbocycles. The average molecular weight is 1520 g/mol. The number of ether oxygens (including phenoxy) is 12. The molecule has 6 aromatic carbocycles. The highest BCUT2D eigenvalue weighted by Gasteiger charge is 2.44. The molecule has 0 spiro atoms. The van der Waals surface area contributed by atoms with Gasteiger partial charge in [0.2, 0.25) is 0 Å². The zero-order valence-electron chi connectivity index (χ0n) is 59.0. The number of esters is 12. The molecule has 0 aliphatic heterocycles. The van der Waals surface area contributed by atoms with Gasteiger partial charge in [-0.05, 0) is 152 Å². The predicted octanol–water partition coefficient (Wildman–Crippen LogP) is 6.97. The molecule has 0 aromatic heterocycles. The van der Waals surface area contributed by atoms with Gasteiger partial charge in [0.25, 0.3) is 15.3 Å². The molecule has 0 bridgehead atoms. The van der Waals surface area contributed by atoms with Crippen LogP contribution < -0.4 is 14.2 Å². The Morgan fingerprint density at radius 2 is 0.667 bits per heavy atom. The van der Waals surface area contributed by atoms with E-state index in [4.69, 9.17) is 56.8 Å². The fourth-order valence-corrected chi connectivity index (χ4v) is 9.45. The first-order valence-electron chi connectivity index (χ1n) is 33.1. The third kappa shape index (κ3) is 30.9. The van der Waals surface area contributed by atoms with E-state index in [0.29, 0.717) is 63.2 Å². The third-order valence-corrected chi connectivity index (χ3v) is 15.0. The molecule has 0 fully saturated rings. The summed E-state index contributed by atoms with van der Waals surface area (Å²) in [5, 5.41) is 42.8. The van der Waals surface area contributed by atoms with Gasteiger partial charge < -0.3 is 76.5 Å². The zero-order valence-corrected chi connectivity index (χ0v) is 59.0.